The van der Waals surface area contributed by atoms with Crippen LogP contribution in [0.25, 0.3) is 22.6 Å². The Hall–Kier alpha value is -2.50. The van der Waals surface area contributed by atoms with Crippen LogP contribution in [0.4, 0.5) is 0 Å². The summed E-state index contributed by atoms with van der Waals surface area (Å²) in [4.78, 5) is 28.5. The Morgan fingerprint density at radius 2 is 1.81 bits per heavy atom. The van der Waals surface area contributed by atoms with Crippen LogP contribution in [-0.4, -0.2) is 24.9 Å². The Kier molecular flexibility index (Phi) is 1.79. The zero-order valence-electron chi connectivity index (χ0n) is 8.14. The van der Waals surface area contributed by atoms with Crippen LogP contribution in [0.2, 0.25) is 0 Å². The van der Waals surface area contributed by atoms with Gasteiger partial charge in [0.2, 0.25) is 0 Å². The number of aromatic nitrogens is 5. The average molecular weight is 213 g/mol. The maximum absolute atomic E-state index is 11.0. The van der Waals surface area contributed by atoms with Crippen molar-refractivity contribution < 1.29 is 0 Å². The molecule has 0 aliphatic rings. The molecule has 0 amide bonds. The first-order chi connectivity index (χ1) is 7.83. The molecule has 0 aliphatic carbocycles. The number of fused-ring (bicyclic) bond motifs is 1. The summed E-state index contributed by atoms with van der Waals surface area (Å²) >= 11 is 0. The third-order valence-electron chi connectivity index (χ3n) is 2.21. The summed E-state index contributed by atoms with van der Waals surface area (Å²) in [5.41, 5.74) is 2.22. The summed E-state index contributed by atoms with van der Waals surface area (Å²) in [6.07, 6.45) is 4.98. The summed E-state index contributed by atoms with van der Waals surface area (Å²) in [6, 6.07) is 3.67. The summed E-state index contributed by atoms with van der Waals surface area (Å²) in [5, 5.41) is 0. The van der Waals surface area contributed by atoms with Gasteiger partial charge >= 0.3 is 5.69 Å². The molecule has 0 spiro atoms. The number of nitrogens with zero attached hydrogens (tertiary/aromatic N) is 3. The van der Waals surface area contributed by atoms with Crippen molar-refractivity contribution in [2.75, 3.05) is 0 Å². The first-order valence-electron chi connectivity index (χ1n) is 4.68. The SMILES string of the molecule is O=c1[nH]c2ncc(-c3ccncc3)nc2[nH]1. The van der Waals surface area contributed by atoms with E-state index >= 15 is 0 Å². The van der Waals surface area contributed by atoms with Crippen molar-refractivity contribution >= 4 is 11.3 Å². The molecule has 0 saturated heterocycles. The minimum absolute atomic E-state index is 0.304. The molecule has 0 aliphatic heterocycles. The van der Waals surface area contributed by atoms with Crippen molar-refractivity contribution in [1.82, 2.24) is 24.9 Å². The van der Waals surface area contributed by atoms with Crippen molar-refractivity contribution in [2.24, 2.45) is 0 Å². The molecule has 0 saturated carbocycles. The van der Waals surface area contributed by atoms with Crippen molar-refractivity contribution in [2.45, 2.75) is 0 Å². The highest BCUT2D eigenvalue weighted by Gasteiger charge is 2.04. The number of H-pyrrole nitrogens is 2. The van der Waals surface area contributed by atoms with Crippen LogP contribution in [0.5, 0.6) is 0 Å². The standard InChI is InChI=1S/C10H7N5O/c16-10-14-8-9(15-10)13-7(5-12-8)6-1-3-11-4-2-6/h1-5H,(H2,12,13,14,15,16). The minimum atomic E-state index is -0.304. The molecule has 6 nitrogen and oxygen atoms in total. The third-order valence-corrected chi connectivity index (χ3v) is 2.21. The number of rotatable bonds is 1. The van der Waals surface area contributed by atoms with Gasteiger partial charge in [-0.25, -0.2) is 14.8 Å². The molecule has 0 fully saturated rings. The molecule has 0 atom stereocenters. The van der Waals surface area contributed by atoms with E-state index in [1.54, 1.807) is 18.6 Å². The fourth-order valence-electron chi connectivity index (χ4n) is 1.48. The lowest BCUT2D eigenvalue weighted by Gasteiger charge is -1.98. The van der Waals surface area contributed by atoms with Gasteiger partial charge in [0.15, 0.2) is 11.3 Å². The normalized spacial score (nSPS) is 10.8. The monoisotopic (exact) mass is 213 g/mol. The van der Waals surface area contributed by atoms with E-state index in [-0.39, 0.29) is 5.69 Å². The predicted molar refractivity (Wildman–Crippen MR) is 57.7 cm³/mol. The highest BCUT2D eigenvalue weighted by Crippen LogP contribution is 2.15. The van der Waals surface area contributed by atoms with Gasteiger partial charge in [0.25, 0.3) is 0 Å². The average Bonchev–Trinajstić information content (AvgIpc) is 2.69. The first kappa shape index (κ1) is 8.78. The van der Waals surface area contributed by atoms with Crippen LogP contribution in [0, 0.1) is 0 Å². The molecule has 78 valence electrons. The minimum Gasteiger partial charge on any atom is -0.289 e. The quantitative estimate of drug-likeness (QED) is 0.623. The van der Waals surface area contributed by atoms with Gasteiger partial charge in [-0.15, -0.1) is 0 Å². The molecular weight excluding hydrogens is 206 g/mol. The zero-order chi connectivity index (χ0) is 11.0. The molecule has 0 unspecified atom stereocenters. The number of pyridine rings is 1. The lowest BCUT2D eigenvalue weighted by Crippen LogP contribution is -1.99. The van der Waals surface area contributed by atoms with E-state index in [1.165, 1.54) is 0 Å². The summed E-state index contributed by atoms with van der Waals surface area (Å²) in [6.45, 7) is 0. The van der Waals surface area contributed by atoms with Gasteiger partial charge in [-0.1, -0.05) is 0 Å². The van der Waals surface area contributed by atoms with Crippen LogP contribution in [0.3, 0.4) is 0 Å². The topological polar surface area (TPSA) is 87.3 Å². The lowest BCUT2D eigenvalue weighted by atomic mass is 10.2. The van der Waals surface area contributed by atoms with Crippen molar-refractivity contribution in [3.63, 3.8) is 0 Å². The molecule has 3 aromatic heterocycles. The van der Waals surface area contributed by atoms with Gasteiger partial charge in [0.1, 0.15) is 0 Å². The van der Waals surface area contributed by atoms with E-state index in [0.717, 1.165) is 5.56 Å². The van der Waals surface area contributed by atoms with Crippen molar-refractivity contribution in [3.05, 3.63) is 41.2 Å². The van der Waals surface area contributed by atoms with Crippen LogP contribution < -0.4 is 5.69 Å². The van der Waals surface area contributed by atoms with Gasteiger partial charge in [-0.05, 0) is 12.1 Å². The van der Waals surface area contributed by atoms with Gasteiger partial charge in [0, 0.05) is 18.0 Å². The lowest BCUT2D eigenvalue weighted by molar-refractivity contribution is 1.20. The Morgan fingerprint density at radius 1 is 1.06 bits per heavy atom. The Morgan fingerprint density at radius 3 is 2.62 bits per heavy atom. The number of hydrogen-bond donors (Lipinski definition) is 2. The van der Waals surface area contributed by atoms with Crippen LogP contribution in [0.1, 0.15) is 0 Å². The fourth-order valence-corrected chi connectivity index (χ4v) is 1.48. The highest BCUT2D eigenvalue weighted by atomic mass is 16.1. The predicted octanol–water partition coefficient (Wildman–Crippen LogP) is 0.708. The fraction of sp³-hybridized carbons (Fsp3) is 0. The molecular formula is C10H7N5O. The maximum atomic E-state index is 11.0. The Bertz CT molecular complexity index is 685. The smallest absolute Gasteiger partial charge is 0.289 e. The van der Waals surface area contributed by atoms with Crippen LogP contribution in [0.15, 0.2) is 35.5 Å². The molecule has 3 aromatic rings. The second-order valence-electron chi connectivity index (χ2n) is 3.27. The highest BCUT2D eigenvalue weighted by molar-refractivity contribution is 5.69. The van der Waals surface area contributed by atoms with E-state index in [4.69, 9.17) is 0 Å². The number of aromatic amines is 2. The van der Waals surface area contributed by atoms with Crippen LogP contribution in [-0.2, 0) is 0 Å². The van der Waals surface area contributed by atoms with E-state index in [2.05, 4.69) is 24.9 Å². The van der Waals surface area contributed by atoms with Crippen LogP contribution >= 0.6 is 0 Å². The molecule has 2 N–H and O–H groups in total. The molecule has 3 rings (SSSR count). The molecule has 3 heterocycles. The molecule has 6 heteroatoms. The summed E-state index contributed by atoms with van der Waals surface area (Å²) in [5.74, 6) is 0. The molecule has 0 bridgehead atoms. The molecule has 16 heavy (non-hydrogen) atoms. The second kappa shape index (κ2) is 3.27. The van der Waals surface area contributed by atoms with Crippen molar-refractivity contribution in [3.8, 4) is 11.3 Å². The van der Waals surface area contributed by atoms with E-state index in [0.29, 0.717) is 17.0 Å². The number of imidazole rings is 1. The van der Waals surface area contributed by atoms with E-state index in [9.17, 15) is 4.79 Å². The van der Waals surface area contributed by atoms with Crippen molar-refractivity contribution in [1.29, 1.82) is 0 Å². The third kappa shape index (κ3) is 1.36. The van der Waals surface area contributed by atoms with Gasteiger partial charge in [0.05, 0.1) is 11.9 Å². The summed E-state index contributed by atoms with van der Waals surface area (Å²) in [7, 11) is 0. The first-order valence-corrected chi connectivity index (χ1v) is 4.68. The molecule has 0 radical (unpaired) electrons. The van der Waals surface area contributed by atoms with E-state index < -0.39 is 0 Å². The number of hydrogen-bond acceptors (Lipinski definition) is 4. The largest absolute Gasteiger partial charge is 0.326 e. The van der Waals surface area contributed by atoms with E-state index in [1.807, 2.05) is 12.1 Å². The van der Waals surface area contributed by atoms with Gasteiger partial charge in [-0.3, -0.25) is 15.0 Å². The Balaban J connectivity index is 2.22. The van der Waals surface area contributed by atoms with Gasteiger partial charge in [-0.2, -0.15) is 0 Å². The summed E-state index contributed by atoms with van der Waals surface area (Å²) < 4.78 is 0. The number of nitrogens with one attached hydrogen (secondary N) is 2. The second-order valence-corrected chi connectivity index (χ2v) is 3.27. The van der Waals surface area contributed by atoms with Gasteiger partial charge < -0.3 is 0 Å². The zero-order valence-corrected chi connectivity index (χ0v) is 8.14. The molecule has 0 aromatic carbocycles. The maximum Gasteiger partial charge on any atom is 0.326 e. The Labute approximate surface area is 89.4 Å².